The van der Waals surface area contributed by atoms with Gasteiger partial charge >= 0.3 is 5.69 Å². The third-order valence-electron chi connectivity index (χ3n) is 4.94. The smallest absolute Gasteiger partial charge is 0.336 e. The average Bonchev–Trinajstić information content (AvgIpc) is 2.80. The number of benzene rings is 2. The summed E-state index contributed by atoms with van der Waals surface area (Å²) in [6, 6.07) is 12.5. The summed E-state index contributed by atoms with van der Waals surface area (Å²) in [5, 5.41) is 26.1. The van der Waals surface area contributed by atoms with Crippen LogP contribution in [0.4, 0.5) is 17.1 Å². The lowest BCUT2D eigenvalue weighted by Crippen LogP contribution is -2.02. The van der Waals surface area contributed by atoms with Gasteiger partial charge in [-0.05, 0) is 68.9 Å². The molecule has 2 heterocycles. The Morgan fingerprint density at radius 3 is 2.57 bits per heavy atom. The highest BCUT2D eigenvalue weighted by Gasteiger charge is 2.24. The summed E-state index contributed by atoms with van der Waals surface area (Å²) >= 11 is 7.89. The first-order valence-electron chi connectivity index (χ1n) is 10.5. The minimum absolute atomic E-state index is 0.117. The summed E-state index contributed by atoms with van der Waals surface area (Å²) in [5.41, 5.74) is 2.81. The van der Waals surface area contributed by atoms with Crippen molar-refractivity contribution in [1.29, 1.82) is 5.26 Å². The number of fused-ring (bicyclic) bond motifs is 1. The molecule has 0 fully saturated rings. The van der Waals surface area contributed by atoms with Crippen LogP contribution < -0.4 is 10.1 Å². The number of rotatable bonds is 7. The molecule has 2 aromatic heterocycles. The van der Waals surface area contributed by atoms with Crippen LogP contribution in [-0.2, 0) is 0 Å². The summed E-state index contributed by atoms with van der Waals surface area (Å²) in [6.07, 6.45) is 1.30. The third-order valence-corrected chi connectivity index (χ3v) is 6.31. The molecule has 0 aliphatic heterocycles. The standard InChI is InChI=1S/C24H19ClN6O3S/c1-4-34-19-7-6-17-21(15(11-26)12-27-22(17)23(19)31(32)33)30-16-5-8-20(18(25)10-16)35-24-28-13(2)9-14(3)29-24/h5-10,12H,4H2,1-3H3,(H,27,30). The van der Waals surface area contributed by atoms with Crippen molar-refractivity contribution in [2.24, 2.45) is 0 Å². The maximum atomic E-state index is 11.8. The zero-order valence-corrected chi connectivity index (χ0v) is 20.6. The molecule has 0 amide bonds. The highest BCUT2D eigenvalue weighted by atomic mass is 35.5. The lowest BCUT2D eigenvalue weighted by molar-refractivity contribution is -0.384. The van der Waals surface area contributed by atoms with Gasteiger partial charge in [-0.1, -0.05) is 11.6 Å². The summed E-state index contributed by atoms with van der Waals surface area (Å²) < 4.78 is 5.42. The number of aromatic nitrogens is 3. The highest BCUT2D eigenvalue weighted by molar-refractivity contribution is 7.99. The molecule has 0 aliphatic carbocycles. The Morgan fingerprint density at radius 2 is 1.94 bits per heavy atom. The van der Waals surface area contributed by atoms with Crippen molar-refractivity contribution >= 4 is 51.3 Å². The minimum atomic E-state index is -0.534. The molecule has 4 aromatic rings. The highest BCUT2D eigenvalue weighted by Crippen LogP contribution is 2.40. The Kier molecular flexibility index (Phi) is 7.00. The molecule has 2 aromatic carbocycles. The van der Waals surface area contributed by atoms with E-state index < -0.39 is 4.92 Å². The first kappa shape index (κ1) is 24.2. The SMILES string of the molecule is CCOc1ccc2c(Nc3ccc(Sc4nc(C)cc(C)n4)c(Cl)c3)c(C#N)cnc2c1[N+](=O)[O-]. The van der Waals surface area contributed by atoms with Crippen molar-refractivity contribution in [3.8, 4) is 11.8 Å². The summed E-state index contributed by atoms with van der Waals surface area (Å²) in [7, 11) is 0. The van der Waals surface area contributed by atoms with Crippen molar-refractivity contribution in [1.82, 2.24) is 15.0 Å². The van der Waals surface area contributed by atoms with E-state index in [0.29, 0.717) is 26.9 Å². The van der Waals surface area contributed by atoms with Gasteiger partial charge in [-0.2, -0.15) is 5.26 Å². The Bertz CT molecular complexity index is 1490. The minimum Gasteiger partial charge on any atom is -0.487 e. The first-order valence-corrected chi connectivity index (χ1v) is 11.7. The van der Waals surface area contributed by atoms with Crippen LogP contribution in [0.15, 0.2) is 52.6 Å². The molecule has 0 saturated carbocycles. The third kappa shape index (κ3) is 5.11. The van der Waals surface area contributed by atoms with E-state index in [1.807, 2.05) is 26.0 Å². The fourth-order valence-corrected chi connectivity index (χ4v) is 4.71. The van der Waals surface area contributed by atoms with Gasteiger partial charge in [-0.3, -0.25) is 10.1 Å². The lowest BCUT2D eigenvalue weighted by atomic mass is 10.1. The molecule has 0 aliphatic rings. The number of hydrogen-bond acceptors (Lipinski definition) is 9. The number of nitrogens with one attached hydrogen (secondary N) is 1. The molecule has 1 N–H and O–H groups in total. The predicted molar refractivity (Wildman–Crippen MR) is 135 cm³/mol. The summed E-state index contributed by atoms with van der Waals surface area (Å²) in [4.78, 5) is 25.1. The number of halogens is 1. The number of nitro groups is 1. The lowest BCUT2D eigenvalue weighted by Gasteiger charge is -2.14. The van der Waals surface area contributed by atoms with E-state index in [2.05, 4.69) is 26.3 Å². The van der Waals surface area contributed by atoms with Crippen molar-refractivity contribution in [3.63, 3.8) is 0 Å². The predicted octanol–water partition coefficient (Wildman–Crippen LogP) is 6.37. The number of anilines is 2. The van der Waals surface area contributed by atoms with Crippen LogP contribution in [0.3, 0.4) is 0 Å². The molecule has 9 nitrogen and oxygen atoms in total. The van der Waals surface area contributed by atoms with Crippen molar-refractivity contribution in [2.45, 2.75) is 30.8 Å². The zero-order valence-electron chi connectivity index (χ0n) is 19.0. The van der Waals surface area contributed by atoms with Crippen LogP contribution in [0, 0.1) is 35.3 Å². The van der Waals surface area contributed by atoms with E-state index in [1.165, 1.54) is 24.0 Å². The molecule has 176 valence electrons. The first-order chi connectivity index (χ1) is 16.8. The van der Waals surface area contributed by atoms with Crippen LogP contribution in [0.1, 0.15) is 23.9 Å². The van der Waals surface area contributed by atoms with Crippen molar-refractivity contribution in [2.75, 3.05) is 11.9 Å². The van der Waals surface area contributed by atoms with Crippen LogP contribution in [-0.4, -0.2) is 26.5 Å². The summed E-state index contributed by atoms with van der Waals surface area (Å²) in [6.45, 7) is 5.82. The molecule has 0 unspecified atom stereocenters. The topological polar surface area (TPSA) is 127 Å². The Morgan fingerprint density at radius 1 is 1.20 bits per heavy atom. The second kappa shape index (κ2) is 10.1. The van der Waals surface area contributed by atoms with Crippen molar-refractivity contribution < 1.29 is 9.66 Å². The number of ether oxygens (including phenoxy) is 1. The van der Waals surface area contributed by atoms with Gasteiger partial charge in [-0.15, -0.1) is 0 Å². The number of nitrogens with zero attached hydrogens (tertiary/aromatic N) is 5. The van der Waals surface area contributed by atoms with Gasteiger partial charge < -0.3 is 10.1 Å². The second-order valence-corrected chi connectivity index (χ2v) is 8.88. The molecule has 4 rings (SSSR count). The number of pyridine rings is 1. The fraction of sp³-hybridized carbons (Fsp3) is 0.167. The number of nitro benzene ring substituents is 1. The van der Waals surface area contributed by atoms with E-state index in [4.69, 9.17) is 16.3 Å². The molecule has 0 radical (unpaired) electrons. The van der Waals surface area contributed by atoms with Crippen LogP contribution in [0.2, 0.25) is 5.02 Å². The van der Waals surface area contributed by atoms with E-state index in [0.717, 1.165) is 16.3 Å². The molecule has 0 bridgehead atoms. The van der Waals surface area contributed by atoms with Gasteiger partial charge in [0.25, 0.3) is 0 Å². The molecule has 0 atom stereocenters. The van der Waals surface area contributed by atoms with Gasteiger partial charge in [0.15, 0.2) is 16.4 Å². The second-order valence-electron chi connectivity index (χ2n) is 7.46. The quantitative estimate of drug-likeness (QED) is 0.173. The zero-order chi connectivity index (χ0) is 25.1. The Balaban J connectivity index is 1.73. The maximum Gasteiger partial charge on any atom is 0.336 e. The number of hydrogen-bond donors (Lipinski definition) is 1. The van der Waals surface area contributed by atoms with Gasteiger partial charge in [0.05, 0.1) is 27.8 Å². The molecule has 11 heteroatoms. The van der Waals surface area contributed by atoms with E-state index in [-0.39, 0.29) is 29.1 Å². The van der Waals surface area contributed by atoms with E-state index >= 15 is 0 Å². The summed E-state index contributed by atoms with van der Waals surface area (Å²) in [5.74, 6) is 0.117. The number of aryl methyl sites for hydroxylation is 2. The van der Waals surface area contributed by atoms with E-state index in [9.17, 15) is 15.4 Å². The average molecular weight is 507 g/mol. The Labute approximate surface area is 210 Å². The molecule has 0 saturated heterocycles. The van der Waals surface area contributed by atoms with Gasteiger partial charge in [0.2, 0.25) is 0 Å². The molecular formula is C24H19ClN6O3S. The van der Waals surface area contributed by atoms with Gasteiger partial charge in [0, 0.05) is 33.6 Å². The van der Waals surface area contributed by atoms with Crippen molar-refractivity contribution in [3.05, 3.63) is 74.7 Å². The van der Waals surface area contributed by atoms with Crippen LogP contribution in [0.5, 0.6) is 5.75 Å². The molecular weight excluding hydrogens is 488 g/mol. The fourth-order valence-electron chi connectivity index (χ4n) is 3.54. The molecule has 0 spiro atoms. The maximum absolute atomic E-state index is 11.8. The monoisotopic (exact) mass is 506 g/mol. The van der Waals surface area contributed by atoms with Gasteiger partial charge in [-0.25, -0.2) is 15.0 Å². The van der Waals surface area contributed by atoms with Gasteiger partial charge in [0.1, 0.15) is 6.07 Å². The van der Waals surface area contributed by atoms with Crippen LogP contribution >= 0.6 is 23.4 Å². The Hall–Kier alpha value is -3.94. The molecule has 35 heavy (non-hydrogen) atoms. The largest absolute Gasteiger partial charge is 0.487 e. The normalized spacial score (nSPS) is 10.7. The van der Waals surface area contributed by atoms with Crippen LogP contribution in [0.25, 0.3) is 10.9 Å². The number of nitriles is 1. The van der Waals surface area contributed by atoms with E-state index in [1.54, 1.807) is 25.1 Å².